The van der Waals surface area contributed by atoms with Gasteiger partial charge in [-0.15, -0.1) is 0 Å². The van der Waals surface area contributed by atoms with Crippen LogP contribution in [0.25, 0.3) is 0 Å². The second kappa shape index (κ2) is 1.84. The van der Waals surface area contributed by atoms with Crippen molar-refractivity contribution in [3.63, 3.8) is 0 Å². The van der Waals surface area contributed by atoms with Gasteiger partial charge in [0, 0.05) is 0 Å². The fourth-order valence-electron chi connectivity index (χ4n) is 2.06. The molecule has 0 amide bonds. The molecule has 0 aromatic rings. The first-order valence-electron chi connectivity index (χ1n) is 3.68. The van der Waals surface area contributed by atoms with Crippen molar-refractivity contribution in [3.8, 4) is 0 Å². The molecular formula is C8H10O2. The molecular weight excluding hydrogens is 128 g/mol. The highest BCUT2D eigenvalue weighted by molar-refractivity contribution is 5.71. The molecule has 10 heavy (non-hydrogen) atoms. The molecule has 0 aliphatic heterocycles. The molecule has 0 spiro atoms. The van der Waals surface area contributed by atoms with Gasteiger partial charge in [0.25, 0.3) is 0 Å². The lowest BCUT2D eigenvalue weighted by Gasteiger charge is -2.11. The quantitative estimate of drug-likeness (QED) is 0.554. The van der Waals surface area contributed by atoms with Crippen LogP contribution in [0.4, 0.5) is 0 Å². The van der Waals surface area contributed by atoms with E-state index >= 15 is 0 Å². The summed E-state index contributed by atoms with van der Waals surface area (Å²) in [6.45, 7) is 0. The lowest BCUT2D eigenvalue weighted by Crippen LogP contribution is -2.17. The van der Waals surface area contributed by atoms with Gasteiger partial charge in [0.2, 0.25) is 0 Å². The Morgan fingerprint density at radius 2 is 2.20 bits per heavy atom. The number of aliphatic carboxylic acids is 1. The molecule has 0 heterocycles. The molecule has 2 aliphatic rings. The molecule has 1 fully saturated rings. The van der Waals surface area contributed by atoms with Crippen LogP contribution >= 0.6 is 0 Å². The summed E-state index contributed by atoms with van der Waals surface area (Å²) in [7, 11) is 0. The Morgan fingerprint density at radius 3 is 2.50 bits per heavy atom. The number of allylic oxidation sites excluding steroid dienone is 2. The van der Waals surface area contributed by atoms with E-state index in [1.165, 1.54) is 0 Å². The number of carboxylic acids is 1. The van der Waals surface area contributed by atoms with E-state index in [4.69, 9.17) is 5.11 Å². The molecule has 1 saturated carbocycles. The van der Waals surface area contributed by atoms with Crippen molar-refractivity contribution in [2.45, 2.75) is 12.8 Å². The van der Waals surface area contributed by atoms with Gasteiger partial charge in [-0.25, -0.2) is 0 Å². The largest absolute Gasteiger partial charge is 0.481 e. The van der Waals surface area contributed by atoms with E-state index in [-0.39, 0.29) is 5.92 Å². The van der Waals surface area contributed by atoms with E-state index in [9.17, 15) is 4.79 Å². The van der Waals surface area contributed by atoms with Gasteiger partial charge in [-0.1, -0.05) is 12.2 Å². The van der Waals surface area contributed by atoms with Crippen LogP contribution in [-0.4, -0.2) is 11.1 Å². The minimum atomic E-state index is -0.614. The fraction of sp³-hybridized carbons (Fsp3) is 0.625. The number of hydrogen-bond acceptors (Lipinski definition) is 1. The van der Waals surface area contributed by atoms with E-state index in [2.05, 4.69) is 12.2 Å². The van der Waals surface area contributed by atoms with Crippen LogP contribution in [0.3, 0.4) is 0 Å². The number of carbonyl (C=O) groups is 1. The summed E-state index contributed by atoms with van der Waals surface area (Å²) >= 11 is 0. The van der Waals surface area contributed by atoms with Gasteiger partial charge in [-0.05, 0) is 24.7 Å². The standard InChI is InChI=1S/C8H10O2/c9-8(10)7-4-5-1-2-6(7)3-5/h1-2,5-7H,3-4H2,(H,9,10)/t5-,6?,7?/m1/s1. The highest BCUT2D eigenvalue weighted by Crippen LogP contribution is 2.43. The zero-order valence-electron chi connectivity index (χ0n) is 5.66. The van der Waals surface area contributed by atoms with Gasteiger partial charge in [-0.3, -0.25) is 4.79 Å². The first kappa shape index (κ1) is 5.96. The topological polar surface area (TPSA) is 37.3 Å². The van der Waals surface area contributed by atoms with Crippen molar-refractivity contribution in [1.29, 1.82) is 0 Å². The van der Waals surface area contributed by atoms with Gasteiger partial charge < -0.3 is 5.11 Å². The van der Waals surface area contributed by atoms with Crippen LogP contribution in [0.2, 0.25) is 0 Å². The van der Waals surface area contributed by atoms with Crippen molar-refractivity contribution in [3.05, 3.63) is 12.2 Å². The maximum Gasteiger partial charge on any atom is 0.307 e. The fourth-order valence-corrected chi connectivity index (χ4v) is 2.06. The van der Waals surface area contributed by atoms with E-state index in [0.29, 0.717) is 11.8 Å². The van der Waals surface area contributed by atoms with Crippen LogP contribution in [0.5, 0.6) is 0 Å². The van der Waals surface area contributed by atoms with Crippen LogP contribution in [0, 0.1) is 17.8 Å². The average molecular weight is 138 g/mol. The zero-order valence-corrected chi connectivity index (χ0v) is 5.66. The van der Waals surface area contributed by atoms with Crippen LogP contribution < -0.4 is 0 Å². The maximum atomic E-state index is 10.6. The molecule has 0 aromatic heterocycles. The first-order valence-corrected chi connectivity index (χ1v) is 3.68. The van der Waals surface area contributed by atoms with E-state index in [1.54, 1.807) is 0 Å². The highest BCUT2D eigenvalue weighted by atomic mass is 16.4. The van der Waals surface area contributed by atoms with E-state index in [0.717, 1.165) is 12.8 Å². The average Bonchev–Trinajstić information content (AvgIpc) is 2.44. The summed E-state index contributed by atoms with van der Waals surface area (Å²) in [6.07, 6.45) is 6.17. The predicted octanol–water partition coefficient (Wildman–Crippen LogP) is 1.28. The van der Waals surface area contributed by atoms with Gasteiger partial charge in [0.15, 0.2) is 0 Å². The molecule has 54 valence electrons. The van der Waals surface area contributed by atoms with Crippen LogP contribution in [0.1, 0.15) is 12.8 Å². The molecule has 0 radical (unpaired) electrons. The number of fused-ring (bicyclic) bond motifs is 2. The smallest absolute Gasteiger partial charge is 0.307 e. The summed E-state index contributed by atoms with van der Waals surface area (Å²) < 4.78 is 0. The highest BCUT2D eigenvalue weighted by Gasteiger charge is 2.39. The van der Waals surface area contributed by atoms with Crippen LogP contribution in [0.15, 0.2) is 12.2 Å². The molecule has 2 bridgehead atoms. The Kier molecular flexibility index (Phi) is 1.10. The second-order valence-electron chi connectivity index (χ2n) is 3.22. The van der Waals surface area contributed by atoms with Crippen molar-refractivity contribution >= 4 is 5.97 Å². The number of hydrogen-bond donors (Lipinski definition) is 1. The third-order valence-electron chi connectivity index (χ3n) is 2.60. The first-order chi connectivity index (χ1) is 4.77. The maximum absolute atomic E-state index is 10.6. The molecule has 3 atom stereocenters. The molecule has 1 N–H and O–H groups in total. The third kappa shape index (κ3) is 0.681. The third-order valence-corrected chi connectivity index (χ3v) is 2.60. The monoisotopic (exact) mass is 138 g/mol. The normalized spacial score (nSPS) is 42.6. The number of carboxylic acid groups (broad SMARTS) is 1. The summed E-state index contributed by atoms with van der Waals surface area (Å²) in [6, 6.07) is 0. The molecule has 2 unspecified atom stereocenters. The molecule has 0 saturated heterocycles. The Morgan fingerprint density at radius 1 is 1.40 bits per heavy atom. The Bertz CT molecular complexity index is 195. The van der Waals surface area contributed by atoms with Crippen molar-refractivity contribution in [2.24, 2.45) is 17.8 Å². The second-order valence-corrected chi connectivity index (χ2v) is 3.22. The lowest BCUT2D eigenvalue weighted by molar-refractivity contribution is -0.142. The minimum Gasteiger partial charge on any atom is -0.481 e. The molecule has 2 rings (SSSR count). The zero-order chi connectivity index (χ0) is 7.14. The van der Waals surface area contributed by atoms with Crippen molar-refractivity contribution in [1.82, 2.24) is 0 Å². The summed E-state index contributed by atoms with van der Waals surface area (Å²) in [5.74, 6) is 0.237. The summed E-state index contributed by atoms with van der Waals surface area (Å²) in [5.41, 5.74) is 0. The Balaban J connectivity index is 2.16. The SMILES string of the molecule is O=C(O)C1C[C@@H]2C=CC1C2. The van der Waals surface area contributed by atoms with Gasteiger partial charge in [0.1, 0.15) is 0 Å². The van der Waals surface area contributed by atoms with Crippen molar-refractivity contribution < 1.29 is 9.90 Å². The Labute approximate surface area is 59.5 Å². The summed E-state index contributed by atoms with van der Waals surface area (Å²) in [5, 5.41) is 8.70. The van der Waals surface area contributed by atoms with Crippen LogP contribution in [-0.2, 0) is 4.79 Å². The minimum absolute atomic E-state index is 0.0741. The molecule has 2 heteroatoms. The lowest BCUT2D eigenvalue weighted by atomic mass is 9.94. The summed E-state index contributed by atoms with van der Waals surface area (Å²) in [4.78, 5) is 10.6. The molecule has 2 aliphatic carbocycles. The van der Waals surface area contributed by atoms with Gasteiger partial charge >= 0.3 is 5.97 Å². The molecule has 0 aromatic carbocycles. The van der Waals surface area contributed by atoms with E-state index < -0.39 is 5.97 Å². The van der Waals surface area contributed by atoms with Crippen molar-refractivity contribution in [2.75, 3.05) is 0 Å². The Hall–Kier alpha value is -0.790. The van der Waals surface area contributed by atoms with Gasteiger partial charge in [0.05, 0.1) is 5.92 Å². The van der Waals surface area contributed by atoms with Gasteiger partial charge in [-0.2, -0.15) is 0 Å². The number of rotatable bonds is 1. The predicted molar refractivity (Wildman–Crippen MR) is 36.5 cm³/mol. The van der Waals surface area contributed by atoms with E-state index in [1.807, 2.05) is 0 Å². The molecule has 2 nitrogen and oxygen atoms in total.